The first-order valence-electron chi connectivity index (χ1n) is 7.88. The maximum atomic E-state index is 12.8. The number of nitrogens with zero attached hydrogens (tertiary/aromatic N) is 1. The number of nitrogens with one attached hydrogen (secondary N) is 1. The summed E-state index contributed by atoms with van der Waals surface area (Å²) in [5.74, 6) is 0.0240. The summed E-state index contributed by atoms with van der Waals surface area (Å²) in [5, 5.41) is 2.96. The van der Waals surface area contributed by atoms with Crippen LogP contribution in [-0.2, 0) is 10.2 Å². The minimum absolute atomic E-state index is 0.0113. The summed E-state index contributed by atoms with van der Waals surface area (Å²) in [5.41, 5.74) is 2.99. The largest absolute Gasteiger partial charge is 0.337 e. The Labute approximate surface area is 135 Å². The van der Waals surface area contributed by atoms with Crippen molar-refractivity contribution in [2.24, 2.45) is 0 Å². The van der Waals surface area contributed by atoms with Crippen molar-refractivity contribution in [1.29, 1.82) is 0 Å². The highest BCUT2D eigenvalue weighted by atomic mass is 16.2. The molecule has 2 aromatic rings. The summed E-state index contributed by atoms with van der Waals surface area (Å²) in [6, 6.07) is 15.4. The highest BCUT2D eigenvalue weighted by Crippen LogP contribution is 2.44. The fourth-order valence-corrected chi connectivity index (χ4v) is 3.75. The zero-order chi connectivity index (χ0) is 16.0. The summed E-state index contributed by atoms with van der Waals surface area (Å²) < 4.78 is 0. The van der Waals surface area contributed by atoms with Crippen molar-refractivity contribution in [3.05, 3.63) is 65.2 Å². The normalized spacial score (nSPS) is 22.3. The van der Waals surface area contributed by atoms with E-state index in [2.05, 4.69) is 5.32 Å². The van der Waals surface area contributed by atoms with Gasteiger partial charge in [-0.2, -0.15) is 0 Å². The molecule has 2 aromatic carbocycles. The van der Waals surface area contributed by atoms with Gasteiger partial charge in [0.15, 0.2) is 0 Å². The van der Waals surface area contributed by atoms with E-state index in [1.54, 1.807) is 0 Å². The van der Waals surface area contributed by atoms with E-state index in [0.29, 0.717) is 19.5 Å². The summed E-state index contributed by atoms with van der Waals surface area (Å²) in [6.07, 6.45) is 0.674. The zero-order valence-corrected chi connectivity index (χ0v) is 13.0. The van der Waals surface area contributed by atoms with Crippen LogP contribution in [0.15, 0.2) is 48.5 Å². The Morgan fingerprint density at radius 1 is 1.13 bits per heavy atom. The third-order valence-corrected chi connectivity index (χ3v) is 5.06. The number of hydrogen-bond acceptors (Lipinski definition) is 2. The number of hydrogen-bond donors (Lipinski definition) is 1. The van der Waals surface area contributed by atoms with Crippen molar-refractivity contribution in [3.8, 4) is 0 Å². The molecule has 2 heterocycles. The number of aryl methyl sites for hydroxylation is 1. The lowest BCUT2D eigenvalue weighted by molar-refractivity contribution is -0.120. The lowest BCUT2D eigenvalue weighted by Crippen LogP contribution is -2.39. The smallest absolute Gasteiger partial charge is 0.254 e. The quantitative estimate of drug-likeness (QED) is 0.880. The number of fused-ring (bicyclic) bond motifs is 2. The number of carbonyl (C=O) groups is 2. The van der Waals surface area contributed by atoms with Crippen LogP contribution in [0.3, 0.4) is 0 Å². The lowest BCUT2D eigenvalue weighted by atomic mass is 9.81. The van der Waals surface area contributed by atoms with Crippen LogP contribution in [0.25, 0.3) is 0 Å². The fourth-order valence-electron chi connectivity index (χ4n) is 3.75. The molecular formula is C19H18N2O2. The molecule has 4 nitrogen and oxygen atoms in total. The molecule has 1 saturated heterocycles. The van der Waals surface area contributed by atoms with Gasteiger partial charge >= 0.3 is 0 Å². The van der Waals surface area contributed by atoms with E-state index in [0.717, 1.165) is 22.4 Å². The van der Waals surface area contributed by atoms with Crippen LogP contribution >= 0.6 is 0 Å². The maximum absolute atomic E-state index is 12.8. The molecule has 23 heavy (non-hydrogen) atoms. The predicted octanol–water partition coefficient (Wildman–Crippen LogP) is 2.73. The third-order valence-electron chi connectivity index (χ3n) is 5.06. The molecule has 2 amide bonds. The average molecular weight is 306 g/mol. The van der Waals surface area contributed by atoms with Crippen LogP contribution < -0.4 is 5.32 Å². The molecular weight excluding hydrogens is 288 g/mol. The number of amides is 2. The van der Waals surface area contributed by atoms with Crippen LogP contribution in [-0.4, -0.2) is 29.8 Å². The van der Waals surface area contributed by atoms with Crippen molar-refractivity contribution < 1.29 is 9.59 Å². The van der Waals surface area contributed by atoms with Crippen LogP contribution in [0, 0.1) is 6.92 Å². The Kier molecular flexibility index (Phi) is 3.01. The Hall–Kier alpha value is -2.62. The van der Waals surface area contributed by atoms with Gasteiger partial charge in [0, 0.05) is 24.3 Å². The number of rotatable bonds is 1. The van der Waals surface area contributed by atoms with E-state index in [1.165, 1.54) is 0 Å². The number of anilines is 1. The minimum Gasteiger partial charge on any atom is -0.337 e. The Morgan fingerprint density at radius 3 is 2.70 bits per heavy atom. The predicted molar refractivity (Wildman–Crippen MR) is 88.4 cm³/mol. The van der Waals surface area contributed by atoms with Crippen molar-refractivity contribution in [2.45, 2.75) is 18.8 Å². The van der Waals surface area contributed by atoms with Gasteiger partial charge in [-0.3, -0.25) is 9.59 Å². The molecule has 0 radical (unpaired) electrons. The SMILES string of the molecule is Cc1ccccc1C(=O)N1CC[C@]2(C1)C(=O)Nc1ccccc12. The summed E-state index contributed by atoms with van der Waals surface area (Å²) in [6.45, 7) is 2.99. The summed E-state index contributed by atoms with van der Waals surface area (Å²) in [7, 11) is 0. The van der Waals surface area contributed by atoms with Gasteiger partial charge in [0.05, 0.1) is 5.41 Å². The van der Waals surface area contributed by atoms with Gasteiger partial charge in [-0.1, -0.05) is 36.4 Å². The Bertz CT molecular complexity index is 815. The molecule has 116 valence electrons. The molecule has 1 spiro atoms. The van der Waals surface area contributed by atoms with Gasteiger partial charge in [0.1, 0.15) is 0 Å². The number of likely N-dealkylation sites (tertiary alicyclic amines) is 1. The van der Waals surface area contributed by atoms with Crippen LogP contribution in [0.1, 0.15) is 27.9 Å². The molecule has 0 aromatic heterocycles. The van der Waals surface area contributed by atoms with Gasteiger partial charge < -0.3 is 10.2 Å². The molecule has 0 unspecified atom stereocenters. The first kappa shape index (κ1) is 14.0. The van der Waals surface area contributed by atoms with Gasteiger partial charge in [-0.15, -0.1) is 0 Å². The number of carbonyl (C=O) groups excluding carboxylic acids is 2. The molecule has 0 saturated carbocycles. The van der Waals surface area contributed by atoms with E-state index in [-0.39, 0.29) is 11.8 Å². The van der Waals surface area contributed by atoms with E-state index >= 15 is 0 Å². The van der Waals surface area contributed by atoms with Crippen molar-refractivity contribution >= 4 is 17.5 Å². The maximum Gasteiger partial charge on any atom is 0.254 e. The van der Waals surface area contributed by atoms with Gasteiger partial charge in [0.25, 0.3) is 5.91 Å². The molecule has 4 heteroatoms. The molecule has 0 bridgehead atoms. The van der Waals surface area contributed by atoms with Gasteiger partial charge in [0.2, 0.25) is 5.91 Å². The van der Waals surface area contributed by atoms with Crippen LogP contribution in [0.4, 0.5) is 5.69 Å². The molecule has 1 N–H and O–H groups in total. The molecule has 1 fully saturated rings. The molecule has 2 aliphatic rings. The fraction of sp³-hybridized carbons (Fsp3) is 0.263. The highest BCUT2D eigenvalue weighted by molar-refractivity contribution is 6.07. The monoisotopic (exact) mass is 306 g/mol. The first-order chi connectivity index (χ1) is 11.1. The lowest BCUT2D eigenvalue weighted by Gasteiger charge is -2.23. The van der Waals surface area contributed by atoms with Crippen molar-refractivity contribution in [2.75, 3.05) is 18.4 Å². The van der Waals surface area contributed by atoms with E-state index in [9.17, 15) is 9.59 Å². The topological polar surface area (TPSA) is 49.4 Å². The summed E-state index contributed by atoms with van der Waals surface area (Å²) in [4.78, 5) is 27.2. The third kappa shape index (κ3) is 1.98. The first-order valence-corrected chi connectivity index (χ1v) is 7.88. The van der Waals surface area contributed by atoms with Gasteiger partial charge in [-0.25, -0.2) is 0 Å². The second-order valence-electron chi connectivity index (χ2n) is 6.37. The van der Waals surface area contributed by atoms with E-state index in [1.807, 2.05) is 60.4 Å². The van der Waals surface area contributed by atoms with Crippen LogP contribution in [0.5, 0.6) is 0 Å². The standard InChI is InChI=1S/C19H18N2O2/c1-13-6-2-3-7-14(13)17(22)21-11-10-19(12-21)15-8-4-5-9-16(15)20-18(19)23/h2-9H,10-12H2,1H3,(H,20,23)/t19-/m1/s1. The number of benzene rings is 2. The zero-order valence-electron chi connectivity index (χ0n) is 13.0. The van der Waals surface area contributed by atoms with Crippen molar-refractivity contribution in [1.82, 2.24) is 4.90 Å². The Morgan fingerprint density at radius 2 is 1.87 bits per heavy atom. The second-order valence-corrected chi connectivity index (χ2v) is 6.37. The minimum atomic E-state index is -0.588. The van der Waals surface area contributed by atoms with Gasteiger partial charge in [-0.05, 0) is 36.6 Å². The molecule has 1 atom stereocenters. The van der Waals surface area contributed by atoms with Crippen molar-refractivity contribution in [3.63, 3.8) is 0 Å². The second kappa shape index (κ2) is 4.95. The molecule has 2 aliphatic heterocycles. The Balaban J connectivity index is 1.66. The average Bonchev–Trinajstić information content (AvgIpc) is 3.12. The molecule has 4 rings (SSSR count). The van der Waals surface area contributed by atoms with E-state index < -0.39 is 5.41 Å². The number of para-hydroxylation sites is 1. The highest BCUT2D eigenvalue weighted by Gasteiger charge is 2.52. The van der Waals surface area contributed by atoms with E-state index in [4.69, 9.17) is 0 Å². The van der Waals surface area contributed by atoms with Crippen LogP contribution in [0.2, 0.25) is 0 Å². The molecule has 0 aliphatic carbocycles. The summed E-state index contributed by atoms with van der Waals surface area (Å²) >= 11 is 0.